The molecule has 8 nitrogen and oxygen atoms in total. The third-order valence-electron chi connectivity index (χ3n) is 4.02. The number of nitrogens with one attached hydrogen (secondary N) is 3. The highest BCUT2D eigenvalue weighted by Gasteiger charge is 2.15. The van der Waals surface area contributed by atoms with E-state index >= 15 is 0 Å². The number of hydrogen-bond acceptors (Lipinski definition) is 4. The summed E-state index contributed by atoms with van der Waals surface area (Å²) in [4.78, 5) is 16.6. The quantitative estimate of drug-likeness (QED) is 0.498. The Kier molecular flexibility index (Phi) is 7.54. The van der Waals surface area contributed by atoms with Crippen LogP contribution < -0.4 is 16.0 Å². The molecule has 0 aliphatic carbocycles. The van der Waals surface area contributed by atoms with E-state index in [1.165, 1.54) is 0 Å². The Morgan fingerprint density at radius 1 is 1.25 bits per heavy atom. The Morgan fingerprint density at radius 2 is 2.04 bits per heavy atom. The monoisotopic (exact) mass is 385 g/mol. The van der Waals surface area contributed by atoms with E-state index in [0.717, 1.165) is 24.4 Å². The minimum atomic E-state index is -0.264. The van der Waals surface area contributed by atoms with Gasteiger partial charge < -0.3 is 20.5 Å². The zero-order valence-corrected chi connectivity index (χ0v) is 17.4. The van der Waals surface area contributed by atoms with Crippen LogP contribution in [0.1, 0.15) is 49.4 Å². The van der Waals surface area contributed by atoms with Crippen molar-refractivity contribution in [2.45, 2.75) is 52.7 Å². The maximum absolute atomic E-state index is 12.3. The van der Waals surface area contributed by atoms with E-state index in [-0.39, 0.29) is 11.4 Å². The van der Waals surface area contributed by atoms with Gasteiger partial charge in [0.15, 0.2) is 5.96 Å². The molecule has 0 saturated heterocycles. The SMILES string of the molecule is CCc1nncn1CCNC(=NC)NCc1cccc(C(=O)NC(C)(C)C)c1. The molecule has 152 valence electrons. The standard InChI is InChI=1S/C20H31N7O/c1-6-17-26-24-14-27(17)11-10-22-19(21-5)23-13-15-8-7-9-16(12-15)18(28)25-20(2,3)4/h7-9,12,14H,6,10-11,13H2,1-5H3,(H,25,28)(H2,21,22,23). The minimum Gasteiger partial charge on any atom is -0.355 e. The minimum absolute atomic E-state index is 0.0717. The maximum Gasteiger partial charge on any atom is 0.251 e. The van der Waals surface area contributed by atoms with Crippen LogP contribution in [0.3, 0.4) is 0 Å². The number of rotatable bonds is 7. The number of aromatic nitrogens is 3. The molecule has 28 heavy (non-hydrogen) atoms. The first kappa shape index (κ1) is 21.4. The molecule has 8 heteroatoms. The molecule has 0 radical (unpaired) electrons. The fourth-order valence-corrected chi connectivity index (χ4v) is 2.68. The van der Waals surface area contributed by atoms with Gasteiger partial charge in [-0.25, -0.2) is 0 Å². The zero-order valence-electron chi connectivity index (χ0n) is 17.4. The van der Waals surface area contributed by atoms with Crippen molar-refractivity contribution >= 4 is 11.9 Å². The number of guanidine groups is 1. The first-order valence-corrected chi connectivity index (χ1v) is 9.55. The molecule has 0 fully saturated rings. The lowest BCUT2D eigenvalue weighted by Crippen LogP contribution is -2.40. The Balaban J connectivity index is 1.86. The third kappa shape index (κ3) is 6.68. The molecule has 0 aliphatic rings. The Morgan fingerprint density at radius 3 is 2.71 bits per heavy atom. The van der Waals surface area contributed by atoms with Gasteiger partial charge in [-0.15, -0.1) is 10.2 Å². The van der Waals surface area contributed by atoms with Crippen molar-refractivity contribution in [3.63, 3.8) is 0 Å². The average molecular weight is 386 g/mol. The molecular formula is C20H31N7O. The number of hydrogen-bond donors (Lipinski definition) is 3. The predicted octanol–water partition coefficient (Wildman–Crippen LogP) is 1.73. The molecule has 1 heterocycles. The van der Waals surface area contributed by atoms with Crippen LogP contribution in [0, 0.1) is 0 Å². The zero-order chi connectivity index (χ0) is 20.6. The van der Waals surface area contributed by atoms with Crippen molar-refractivity contribution in [1.29, 1.82) is 0 Å². The van der Waals surface area contributed by atoms with Crippen molar-refractivity contribution in [2.75, 3.05) is 13.6 Å². The van der Waals surface area contributed by atoms with Gasteiger partial charge in [0.2, 0.25) is 0 Å². The number of benzene rings is 1. The second-order valence-corrected chi connectivity index (χ2v) is 7.55. The fourth-order valence-electron chi connectivity index (χ4n) is 2.68. The van der Waals surface area contributed by atoms with Gasteiger partial charge in [-0.1, -0.05) is 19.1 Å². The van der Waals surface area contributed by atoms with Gasteiger partial charge >= 0.3 is 0 Å². The summed E-state index contributed by atoms with van der Waals surface area (Å²) in [6.07, 6.45) is 2.59. The smallest absolute Gasteiger partial charge is 0.251 e. The fraction of sp³-hybridized carbons (Fsp3) is 0.500. The van der Waals surface area contributed by atoms with Gasteiger partial charge in [0.05, 0.1) is 0 Å². The first-order chi connectivity index (χ1) is 13.3. The topological polar surface area (TPSA) is 96.2 Å². The van der Waals surface area contributed by atoms with E-state index in [1.807, 2.05) is 49.6 Å². The number of nitrogens with zero attached hydrogens (tertiary/aromatic N) is 4. The molecule has 0 spiro atoms. The highest BCUT2D eigenvalue weighted by atomic mass is 16.1. The predicted molar refractivity (Wildman–Crippen MR) is 111 cm³/mol. The largest absolute Gasteiger partial charge is 0.355 e. The highest BCUT2D eigenvalue weighted by Crippen LogP contribution is 2.08. The van der Waals surface area contributed by atoms with Gasteiger partial charge in [-0.3, -0.25) is 9.79 Å². The van der Waals surface area contributed by atoms with Gasteiger partial charge in [0.25, 0.3) is 5.91 Å². The normalized spacial score (nSPS) is 12.0. The van der Waals surface area contributed by atoms with Crippen LogP contribution >= 0.6 is 0 Å². The summed E-state index contributed by atoms with van der Waals surface area (Å²) in [5, 5.41) is 17.6. The summed E-state index contributed by atoms with van der Waals surface area (Å²) >= 11 is 0. The Hall–Kier alpha value is -2.90. The van der Waals surface area contributed by atoms with E-state index in [9.17, 15) is 4.79 Å². The molecule has 1 amide bonds. The van der Waals surface area contributed by atoms with Crippen LogP contribution in [-0.2, 0) is 19.5 Å². The van der Waals surface area contributed by atoms with Crippen molar-refractivity contribution in [3.8, 4) is 0 Å². The second kappa shape index (κ2) is 9.87. The highest BCUT2D eigenvalue weighted by molar-refractivity contribution is 5.94. The lowest BCUT2D eigenvalue weighted by Gasteiger charge is -2.20. The van der Waals surface area contributed by atoms with Crippen LogP contribution in [0.5, 0.6) is 0 Å². The van der Waals surface area contributed by atoms with E-state index in [1.54, 1.807) is 13.4 Å². The second-order valence-electron chi connectivity index (χ2n) is 7.55. The van der Waals surface area contributed by atoms with Crippen molar-refractivity contribution in [1.82, 2.24) is 30.7 Å². The lowest BCUT2D eigenvalue weighted by atomic mass is 10.1. The number of aryl methyl sites for hydroxylation is 1. The van der Waals surface area contributed by atoms with E-state index in [2.05, 4.69) is 38.1 Å². The molecule has 2 aromatic rings. The van der Waals surface area contributed by atoms with Crippen LogP contribution in [0.15, 0.2) is 35.6 Å². The van der Waals surface area contributed by atoms with Crippen LogP contribution in [0.4, 0.5) is 0 Å². The molecule has 2 rings (SSSR count). The molecule has 1 aromatic heterocycles. The van der Waals surface area contributed by atoms with E-state index < -0.39 is 0 Å². The molecular weight excluding hydrogens is 354 g/mol. The summed E-state index contributed by atoms with van der Waals surface area (Å²) < 4.78 is 2.03. The number of carbonyl (C=O) groups is 1. The Bertz CT molecular complexity index is 805. The molecule has 3 N–H and O–H groups in total. The summed E-state index contributed by atoms with van der Waals surface area (Å²) in [7, 11) is 1.73. The van der Waals surface area contributed by atoms with E-state index in [0.29, 0.717) is 24.6 Å². The molecule has 1 aromatic carbocycles. The van der Waals surface area contributed by atoms with Crippen molar-refractivity contribution in [2.24, 2.45) is 4.99 Å². The summed E-state index contributed by atoms with van der Waals surface area (Å²) in [5.74, 6) is 1.60. The van der Waals surface area contributed by atoms with Crippen LogP contribution in [-0.4, -0.2) is 45.8 Å². The summed E-state index contributed by atoms with van der Waals surface area (Å²) in [6.45, 7) is 10.0. The molecule has 0 atom stereocenters. The Labute approximate surface area is 166 Å². The van der Waals surface area contributed by atoms with Crippen molar-refractivity contribution in [3.05, 3.63) is 47.5 Å². The van der Waals surface area contributed by atoms with Gasteiger partial charge in [-0.2, -0.15) is 0 Å². The molecule has 0 saturated carbocycles. The van der Waals surface area contributed by atoms with Crippen LogP contribution in [0.2, 0.25) is 0 Å². The van der Waals surface area contributed by atoms with Gasteiger partial charge in [0, 0.05) is 44.2 Å². The molecule has 0 unspecified atom stereocenters. The number of aliphatic imine (C=N–C) groups is 1. The first-order valence-electron chi connectivity index (χ1n) is 9.55. The summed E-state index contributed by atoms with van der Waals surface area (Å²) in [5.41, 5.74) is 1.40. The summed E-state index contributed by atoms with van der Waals surface area (Å²) in [6, 6.07) is 7.59. The van der Waals surface area contributed by atoms with Crippen molar-refractivity contribution < 1.29 is 4.79 Å². The molecule has 0 aliphatic heterocycles. The van der Waals surface area contributed by atoms with E-state index in [4.69, 9.17) is 0 Å². The van der Waals surface area contributed by atoms with Gasteiger partial charge in [-0.05, 0) is 38.5 Å². The maximum atomic E-state index is 12.3. The number of carbonyl (C=O) groups excluding carboxylic acids is 1. The molecule has 0 bridgehead atoms. The van der Waals surface area contributed by atoms with Crippen LogP contribution in [0.25, 0.3) is 0 Å². The third-order valence-corrected chi connectivity index (χ3v) is 4.02. The van der Waals surface area contributed by atoms with Gasteiger partial charge in [0.1, 0.15) is 12.2 Å². The lowest BCUT2D eigenvalue weighted by molar-refractivity contribution is 0.0919. The average Bonchev–Trinajstić information content (AvgIpc) is 3.11. The number of amides is 1.